The molecule has 8 nitrogen and oxygen atoms in total. The van der Waals surface area contributed by atoms with Gasteiger partial charge >= 0.3 is 5.69 Å². The van der Waals surface area contributed by atoms with Crippen molar-refractivity contribution in [2.75, 3.05) is 5.01 Å². The number of rotatable bonds is 6. The number of nitrogens with zero attached hydrogens (tertiary/aromatic N) is 2. The Bertz CT molecular complexity index is 1240. The van der Waals surface area contributed by atoms with Crippen LogP contribution in [-0.4, -0.2) is 16.7 Å². The number of benzene rings is 3. The van der Waals surface area contributed by atoms with Gasteiger partial charge < -0.3 is 4.74 Å². The zero-order chi connectivity index (χ0) is 22.7. The fraction of sp³-hybridized carbons (Fsp3) is 0.0435. The quantitative estimate of drug-likeness (QED) is 0.276. The van der Waals surface area contributed by atoms with E-state index in [1.165, 1.54) is 42.5 Å². The summed E-state index contributed by atoms with van der Waals surface area (Å²) in [5, 5.41) is 12.6. The Morgan fingerprint density at radius 1 is 1.03 bits per heavy atom. The Morgan fingerprint density at radius 3 is 2.47 bits per heavy atom. The highest BCUT2D eigenvalue weighted by molar-refractivity contribution is 6.31. The number of amides is 2. The number of hydrazine groups is 1. The summed E-state index contributed by atoms with van der Waals surface area (Å²) < 4.78 is 19.2. The highest BCUT2D eigenvalue weighted by atomic mass is 19.1. The first-order chi connectivity index (χ1) is 15.4. The van der Waals surface area contributed by atoms with Gasteiger partial charge in [-0.2, -0.15) is 0 Å². The van der Waals surface area contributed by atoms with E-state index in [0.717, 1.165) is 5.01 Å². The third-order valence-corrected chi connectivity index (χ3v) is 4.74. The number of nitro benzene ring substituents is 1. The van der Waals surface area contributed by atoms with E-state index in [1.54, 1.807) is 36.4 Å². The summed E-state index contributed by atoms with van der Waals surface area (Å²) in [5.41, 5.74) is 2.93. The molecule has 3 aromatic carbocycles. The molecule has 32 heavy (non-hydrogen) atoms. The van der Waals surface area contributed by atoms with Crippen LogP contribution >= 0.6 is 0 Å². The van der Waals surface area contributed by atoms with Crippen LogP contribution < -0.4 is 15.2 Å². The molecule has 1 heterocycles. The zero-order valence-electron chi connectivity index (χ0n) is 16.5. The largest absolute Gasteiger partial charge is 0.482 e. The topological polar surface area (TPSA) is 102 Å². The van der Waals surface area contributed by atoms with Crippen LogP contribution in [0.1, 0.15) is 11.1 Å². The minimum atomic E-state index is -0.647. The molecule has 0 aliphatic carbocycles. The van der Waals surface area contributed by atoms with Gasteiger partial charge in [-0.15, -0.1) is 0 Å². The van der Waals surface area contributed by atoms with Crippen LogP contribution in [0.5, 0.6) is 5.75 Å². The number of anilines is 1. The molecular formula is C23H16FN3O5. The molecular weight excluding hydrogens is 417 g/mol. The molecule has 1 N–H and O–H groups in total. The molecule has 0 radical (unpaired) electrons. The molecule has 0 atom stereocenters. The molecule has 0 unspecified atom stereocenters. The van der Waals surface area contributed by atoms with Crippen LogP contribution in [0.4, 0.5) is 15.8 Å². The Morgan fingerprint density at radius 2 is 1.75 bits per heavy atom. The number of nitro groups is 1. The van der Waals surface area contributed by atoms with E-state index in [9.17, 15) is 24.1 Å². The van der Waals surface area contributed by atoms with E-state index in [-0.39, 0.29) is 34.7 Å². The molecule has 1 fully saturated rings. The van der Waals surface area contributed by atoms with Crippen LogP contribution in [-0.2, 0) is 16.2 Å². The van der Waals surface area contributed by atoms with Gasteiger partial charge in [-0.05, 0) is 35.9 Å². The molecule has 4 rings (SSSR count). The third-order valence-electron chi connectivity index (χ3n) is 4.74. The molecule has 0 saturated carbocycles. The minimum Gasteiger partial charge on any atom is -0.482 e. The second kappa shape index (κ2) is 8.68. The maximum Gasteiger partial charge on any atom is 0.311 e. The predicted octanol–water partition coefficient (Wildman–Crippen LogP) is 3.77. The maximum absolute atomic E-state index is 13.8. The lowest BCUT2D eigenvalue weighted by molar-refractivity contribution is -0.386. The van der Waals surface area contributed by atoms with Gasteiger partial charge in [0.1, 0.15) is 18.0 Å². The van der Waals surface area contributed by atoms with Gasteiger partial charge in [-0.25, -0.2) is 9.40 Å². The summed E-state index contributed by atoms with van der Waals surface area (Å²) in [5.74, 6) is -1.75. The van der Waals surface area contributed by atoms with Crippen LogP contribution in [0.25, 0.3) is 6.08 Å². The van der Waals surface area contributed by atoms with Crippen molar-refractivity contribution in [1.82, 2.24) is 5.43 Å². The molecule has 9 heteroatoms. The van der Waals surface area contributed by atoms with Gasteiger partial charge in [-0.3, -0.25) is 25.1 Å². The first-order valence-corrected chi connectivity index (χ1v) is 9.51. The van der Waals surface area contributed by atoms with Crippen molar-refractivity contribution in [3.63, 3.8) is 0 Å². The molecule has 2 amide bonds. The summed E-state index contributed by atoms with van der Waals surface area (Å²) in [4.78, 5) is 35.9. The molecule has 0 aromatic heterocycles. The van der Waals surface area contributed by atoms with Gasteiger partial charge in [0.25, 0.3) is 11.8 Å². The lowest BCUT2D eigenvalue weighted by Crippen LogP contribution is -2.35. The number of nitrogens with one attached hydrogen (secondary N) is 1. The summed E-state index contributed by atoms with van der Waals surface area (Å²) in [6.45, 7) is -0.194. The number of para-hydroxylation sites is 1. The number of carbonyl (C=O) groups is 2. The number of hydrogen-bond donors (Lipinski definition) is 1. The maximum atomic E-state index is 13.8. The number of carbonyl (C=O) groups excluding carboxylic acids is 2. The van der Waals surface area contributed by atoms with Gasteiger partial charge in [0.15, 0.2) is 5.75 Å². The molecule has 1 aliphatic rings. The van der Waals surface area contributed by atoms with E-state index in [0.29, 0.717) is 5.69 Å². The average Bonchev–Trinajstić information content (AvgIpc) is 3.08. The summed E-state index contributed by atoms with van der Waals surface area (Å²) in [6, 6.07) is 18.5. The van der Waals surface area contributed by atoms with Crippen LogP contribution in [0.15, 0.2) is 78.4 Å². The Labute approximate surface area is 181 Å². The number of halogens is 1. The van der Waals surface area contributed by atoms with E-state index < -0.39 is 22.6 Å². The first kappa shape index (κ1) is 20.7. The van der Waals surface area contributed by atoms with Crippen molar-refractivity contribution in [3.8, 4) is 5.75 Å². The van der Waals surface area contributed by atoms with Gasteiger partial charge in [0.2, 0.25) is 0 Å². The first-order valence-electron chi connectivity index (χ1n) is 9.51. The van der Waals surface area contributed by atoms with Gasteiger partial charge in [0, 0.05) is 11.6 Å². The zero-order valence-corrected chi connectivity index (χ0v) is 16.5. The average molecular weight is 433 g/mol. The fourth-order valence-corrected chi connectivity index (χ4v) is 3.14. The molecule has 1 aliphatic heterocycles. The summed E-state index contributed by atoms with van der Waals surface area (Å²) >= 11 is 0. The smallest absolute Gasteiger partial charge is 0.311 e. The number of ether oxygens (including phenoxy) is 1. The molecule has 0 spiro atoms. The van der Waals surface area contributed by atoms with Crippen LogP contribution in [0, 0.1) is 15.9 Å². The molecule has 1 saturated heterocycles. The van der Waals surface area contributed by atoms with Crippen LogP contribution in [0.3, 0.4) is 0 Å². The lowest BCUT2D eigenvalue weighted by atomic mass is 10.1. The standard InChI is InChI=1S/C23H16FN3O5/c24-19-9-5-4-6-16(19)14-32-21-11-10-15(13-20(21)27(30)31)12-18-22(28)25-26(23(18)29)17-7-2-1-3-8-17/h1-13H,14H2,(H,25,28)/b18-12-. The highest BCUT2D eigenvalue weighted by Crippen LogP contribution is 2.30. The monoisotopic (exact) mass is 433 g/mol. The van der Waals surface area contributed by atoms with Crippen LogP contribution in [0.2, 0.25) is 0 Å². The van der Waals surface area contributed by atoms with Crippen molar-refractivity contribution in [2.24, 2.45) is 0 Å². The van der Waals surface area contributed by atoms with E-state index in [1.807, 2.05) is 0 Å². The predicted molar refractivity (Wildman–Crippen MR) is 114 cm³/mol. The van der Waals surface area contributed by atoms with E-state index in [4.69, 9.17) is 4.74 Å². The Balaban J connectivity index is 1.59. The van der Waals surface area contributed by atoms with Crippen molar-refractivity contribution in [3.05, 3.63) is 105 Å². The van der Waals surface area contributed by atoms with Crippen molar-refractivity contribution in [2.45, 2.75) is 6.61 Å². The Hall–Kier alpha value is -4.53. The lowest BCUT2D eigenvalue weighted by Gasteiger charge is -2.13. The summed E-state index contributed by atoms with van der Waals surface area (Å²) in [7, 11) is 0. The molecule has 3 aromatic rings. The van der Waals surface area contributed by atoms with Gasteiger partial charge in [-0.1, -0.05) is 42.5 Å². The molecule has 0 bridgehead atoms. The normalized spacial score (nSPS) is 14.5. The summed E-state index contributed by atoms with van der Waals surface area (Å²) in [6.07, 6.45) is 1.27. The fourth-order valence-electron chi connectivity index (χ4n) is 3.14. The van der Waals surface area contributed by atoms with E-state index >= 15 is 0 Å². The van der Waals surface area contributed by atoms with Gasteiger partial charge in [0.05, 0.1) is 10.6 Å². The second-order valence-electron chi connectivity index (χ2n) is 6.84. The minimum absolute atomic E-state index is 0.0616. The SMILES string of the molecule is O=C1NN(c2ccccc2)C(=O)/C1=C\c1ccc(OCc2ccccc2F)c([N+](=O)[O-])c1. The van der Waals surface area contributed by atoms with Crippen molar-refractivity contribution >= 4 is 29.3 Å². The highest BCUT2D eigenvalue weighted by Gasteiger charge is 2.34. The third kappa shape index (κ3) is 4.17. The second-order valence-corrected chi connectivity index (χ2v) is 6.84. The number of hydrogen-bond acceptors (Lipinski definition) is 5. The van der Waals surface area contributed by atoms with Crippen molar-refractivity contribution < 1.29 is 23.6 Å². The van der Waals surface area contributed by atoms with E-state index in [2.05, 4.69) is 5.43 Å². The molecule has 160 valence electrons. The van der Waals surface area contributed by atoms with Crippen molar-refractivity contribution in [1.29, 1.82) is 0 Å². The Kier molecular flexibility index (Phi) is 5.63.